The molecule has 1 fully saturated rings. The van der Waals surface area contributed by atoms with E-state index in [9.17, 15) is 9.59 Å². The number of carbonyl (C=O) groups excluding carboxylic acids is 1. The van der Waals surface area contributed by atoms with Gasteiger partial charge in [-0.05, 0) is 37.3 Å². The van der Waals surface area contributed by atoms with Crippen molar-refractivity contribution < 1.29 is 4.79 Å². The molecule has 0 unspecified atom stereocenters. The molecule has 0 saturated heterocycles. The number of thioether (sulfide) groups is 1. The van der Waals surface area contributed by atoms with Gasteiger partial charge in [0.05, 0.1) is 5.69 Å². The molecule has 1 aliphatic rings. The highest BCUT2D eigenvalue weighted by Gasteiger charge is 2.16. The first kappa shape index (κ1) is 17.7. The number of rotatable bonds is 5. The standard InChI is InChI=1S/C19H23N3O2S/c1-25-16-9-7-14(8-10-16)17-11-12-19(24)22(21-17)13-18(23)20-15-5-3-2-4-6-15/h7-12,15H,2-6,13H2,1H3,(H,20,23). The third-order valence-corrected chi connectivity index (χ3v) is 5.26. The summed E-state index contributed by atoms with van der Waals surface area (Å²) >= 11 is 1.67. The van der Waals surface area contributed by atoms with E-state index in [4.69, 9.17) is 0 Å². The Morgan fingerprint density at radius 1 is 1.16 bits per heavy atom. The molecule has 6 heteroatoms. The molecule has 1 aliphatic carbocycles. The highest BCUT2D eigenvalue weighted by Crippen LogP contribution is 2.21. The number of benzene rings is 1. The van der Waals surface area contributed by atoms with Gasteiger partial charge >= 0.3 is 0 Å². The van der Waals surface area contributed by atoms with Crippen LogP contribution in [0.4, 0.5) is 0 Å². The molecule has 0 bridgehead atoms. The van der Waals surface area contributed by atoms with Crippen LogP contribution in [0.2, 0.25) is 0 Å². The molecule has 1 aromatic heterocycles. The molecular formula is C19H23N3O2S. The summed E-state index contributed by atoms with van der Waals surface area (Å²) in [6.07, 6.45) is 7.63. The second-order valence-corrected chi connectivity index (χ2v) is 7.23. The van der Waals surface area contributed by atoms with Gasteiger partial charge in [0.1, 0.15) is 6.54 Å². The summed E-state index contributed by atoms with van der Waals surface area (Å²) in [5.41, 5.74) is 1.36. The SMILES string of the molecule is CSc1ccc(-c2ccc(=O)n(CC(=O)NC3CCCCC3)n2)cc1. The minimum atomic E-state index is -0.261. The molecule has 0 atom stereocenters. The maximum atomic E-state index is 12.3. The number of amides is 1. The van der Waals surface area contributed by atoms with Crippen molar-refractivity contribution in [3.8, 4) is 11.3 Å². The molecule has 25 heavy (non-hydrogen) atoms. The first-order chi connectivity index (χ1) is 12.2. The Morgan fingerprint density at radius 3 is 2.56 bits per heavy atom. The van der Waals surface area contributed by atoms with E-state index in [1.54, 1.807) is 17.8 Å². The summed E-state index contributed by atoms with van der Waals surface area (Å²) in [5.74, 6) is -0.142. The van der Waals surface area contributed by atoms with Crippen molar-refractivity contribution in [2.75, 3.05) is 6.26 Å². The molecule has 1 aromatic carbocycles. The van der Waals surface area contributed by atoms with Gasteiger partial charge in [-0.1, -0.05) is 31.4 Å². The predicted octanol–water partition coefficient (Wildman–Crippen LogP) is 3.08. The fourth-order valence-electron chi connectivity index (χ4n) is 3.13. The van der Waals surface area contributed by atoms with Crippen LogP contribution in [0.5, 0.6) is 0 Å². The number of hydrogen-bond acceptors (Lipinski definition) is 4. The molecule has 1 saturated carbocycles. The van der Waals surface area contributed by atoms with E-state index in [1.165, 1.54) is 22.1 Å². The third kappa shape index (κ3) is 4.72. The number of nitrogens with zero attached hydrogens (tertiary/aromatic N) is 2. The normalized spacial score (nSPS) is 15.1. The van der Waals surface area contributed by atoms with Crippen LogP contribution in [-0.2, 0) is 11.3 Å². The van der Waals surface area contributed by atoms with E-state index in [0.29, 0.717) is 5.69 Å². The van der Waals surface area contributed by atoms with Gasteiger partial charge in [-0.3, -0.25) is 9.59 Å². The highest BCUT2D eigenvalue weighted by atomic mass is 32.2. The van der Waals surface area contributed by atoms with E-state index in [-0.39, 0.29) is 24.1 Å². The van der Waals surface area contributed by atoms with Gasteiger partial charge in [0.2, 0.25) is 5.91 Å². The zero-order chi connectivity index (χ0) is 17.6. The van der Waals surface area contributed by atoms with Gasteiger partial charge in [-0.15, -0.1) is 11.8 Å². The van der Waals surface area contributed by atoms with Crippen molar-refractivity contribution in [2.45, 2.75) is 49.6 Å². The topological polar surface area (TPSA) is 64.0 Å². The predicted molar refractivity (Wildman–Crippen MR) is 101 cm³/mol. The van der Waals surface area contributed by atoms with E-state index in [0.717, 1.165) is 31.2 Å². The molecule has 3 rings (SSSR count). The summed E-state index contributed by atoms with van der Waals surface area (Å²) in [7, 11) is 0. The molecule has 1 amide bonds. The lowest BCUT2D eigenvalue weighted by atomic mass is 9.95. The van der Waals surface area contributed by atoms with Crippen molar-refractivity contribution in [3.63, 3.8) is 0 Å². The summed E-state index contributed by atoms with van der Waals surface area (Å²) in [5, 5.41) is 7.40. The number of aromatic nitrogens is 2. The lowest BCUT2D eigenvalue weighted by molar-refractivity contribution is -0.122. The van der Waals surface area contributed by atoms with Crippen LogP contribution in [-0.4, -0.2) is 28.0 Å². The number of nitrogens with one attached hydrogen (secondary N) is 1. The average Bonchev–Trinajstić information content (AvgIpc) is 2.64. The quantitative estimate of drug-likeness (QED) is 0.835. The smallest absolute Gasteiger partial charge is 0.267 e. The fraction of sp³-hybridized carbons (Fsp3) is 0.421. The van der Waals surface area contributed by atoms with Crippen LogP contribution >= 0.6 is 11.8 Å². The van der Waals surface area contributed by atoms with Crippen LogP contribution < -0.4 is 10.9 Å². The Hall–Kier alpha value is -2.08. The van der Waals surface area contributed by atoms with Crippen LogP contribution in [0.1, 0.15) is 32.1 Å². The second-order valence-electron chi connectivity index (χ2n) is 6.35. The molecule has 0 radical (unpaired) electrons. The van der Waals surface area contributed by atoms with Crippen LogP contribution in [0.25, 0.3) is 11.3 Å². The van der Waals surface area contributed by atoms with Crippen LogP contribution in [0, 0.1) is 0 Å². The van der Waals surface area contributed by atoms with Crippen molar-refractivity contribution in [1.82, 2.24) is 15.1 Å². The molecule has 0 spiro atoms. The summed E-state index contributed by atoms with van der Waals surface area (Å²) in [6, 6.07) is 11.4. The monoisotopic (exact) mass is 357 g/mol. The molecule has 5 nitrogen and oxygen atoms in total. The zero-order valence-electron chi connectivity index (χ0n) is 14.4. The largest absolute Gasteiger partial charge is 0.352 e. The molecule has 2 aromatic rings. The van der Waals surface area contributed by atoms with Gasteiger partial charge in [0, 0.05) is 22.6 Å². The van der Waals surface area contributed by atoms with E-state index in [1.807, 2.05) is 30.5 Å². The Labute approximate surface area is 151 Å². The minimum Gasteiger partial charge on any atom is -0.352 e. The van der Waals surface area contributed by atoms with Gasteiger partial charge in [0.15, 0.2) is 0 Å². The maximum absolute atomic E-state index is 12.3. The van der Waals surface area contributed by atoms with Gasteiger partial charge in [0.25, 0.3) is 5.56 Å². The zero-order valence-corrected chi connectivity index (χ0v) is 15.2. The first-order valence-corrected chi connectivity index (χ1v) is 9.90. The Balaban J connectivity index is 1.72. The van der Waals surface area contributed by atoms with Crippen molar-refractivity contribution in [1.29, 1.82) is 0 Å². The van der Waals surface area contributed by atoms with Crippen molar-refractivity contribution >= 4 is 17.7 Å². The summed E-state index contributed by atoms with van der Waals surface area (Å²) in [4.78, 5) is 25.5. The first-order valence-electron chi connectivity index (χ1n) is 8.67. The Morgan fingerprint density at radius 2 is 1.88 bits per heavy atom. The Kier molecular flexibility index (Phi) is 5.91. The van der Waals surface area contributed by atoms with Crippen molar-refractivity contribution in [2.24, 2.45) is 0 Å². The maximum Gasteiger partial charge on any atom is 0.267 e. The van der Waals surface area contributed by atoms with Gasteiger partial charge < -0.3 is 5.32 Å². The average molecular weight is 357 g/mol. The van der Waals surface area contributed by atoms with Gasteiger partial charge in [-0.2, -0.15) is 5.10 Å². The molecule has 1 heterocycles. The summed E-state index contributed by atoms with van der Waals surface area (Å²) < 4.78 is 1.25. The van der Waals surface area contributed by atoms with Crippen LogP contribution in [0.15, 0.2) is 46.1 Å². The summed E-state index contributed by atoms with van der Waals surface area (Å²) in [6.45, 7) is -0.0356. The number of carbonyl (C=O) groups is 1. The van der Waals surface area contributed by atoms with Crippen LogP contribution in [0.3, 0.4) is 0 Å². The van der Waals surface area contributed by atoms with Crippen molar-refractivity contribution in [3.05, 3.63) is 46.8 Å². The molecule has 1 N–H and O–H groups in total. The Bertz CT molecular complexity index is 780. The van der Waals surface area contributed by atoms with E-state index >= 15 is 0 Å². The number of hydrogen-bond donors (Lipinski definition) is 1. The second kappa shape index (κ2) is 8.34. The van der Waals surface area contributed by atoms with E-state index in [2.05, 4.69) is 10.4 Å². The molecule has 0 aliphatic heterocycles. The lowest BCUT2D eigenvalue weighted by Gasteiger charge is -2.22. The van der Waals surface area contributed by atoms with Gasteiger partial charge in [-0.25, -0.2) is 4.68 Å². The molecule has 132 valence electrons. The highest BCUT2D eigenvalue weighted by molar-refractivity contribution is 7.98. The lowest BCUT2D eigenvalue weighted by Crippen LogP contribution is -2.40. The molecular weight excluding hydrogens is 334 g/mol. The fourth-order valence-corrected chi connectivity index (χ4v) is 3.54. The third-order valence-electron chi connectivity index (χ3n) is 4.52. The minimum absolute atomic E-state index is 0.0356. The van der Waals surface area contributed by atoms with E-state index < -0.39 is 0 Å².